The van der Waals surface area contributed by atoms with Crippen LogP contribution >= 0.6 is 0 Å². The van der Waals surface area contributed by atoms with Gasteiger partial charge in [-0.25, -0.2) is 0 Å². The zero-order valence-electron chi connectivity index (χ0n) is 13.9. The SMILES string of the molecule is CCCC#C[Si](C#CCCC)(CC(C)CC)C(C)C. The molecule has 108 valence electrons. The molecule has 1 unspecified atom stereocenters. The van der Waals surface area contributed by atoms with Crippen LogP contribution in [0.3, 0.4) is 0 Å². The molecule has 0 aromatic rings. The minimum absolute atomic E-state index is 0.634. The van der Waals surface area contributed by atoms with Crippen molar-refractivity contribution in [3.63, 3.8) is 0 Å². The second kappa shape index (κ2) is 10.2. The highest BCUT2D eigenvalue weighted by atomic mass is 28.3. The van der Waals surface area contributed by atoms with E-state index >= 15 is 0 Å². The van der Waals surface area contributed by atoms with Crippen LogP contribution in [0.25, 0.3) is 0 Å². The van der Waals surface area contributed by atoms with Gasteiger partial charge in [0.05, 0.1) is 0 Å². The van der Waals surface area contributed by atoms with E-state index in [2.05, 4.69) is 64.5 Å². The fourth-order valence-corrected chi connectivity index (χ4v) is 5.63. The molecule has 1 heteroatoms. The zero-order chi connectivity index (χ0) is 14.7. The van der Waals surface area contributed by atoms with Crippen molar-refractivity contribution in [3.05, 3.63) is 0 Å². The Labute approximate surface area is 122 Å². The van der Waals surface area contributed by atoms with Gasteiger partial charge in [-0.2, -0.15) is 0 Å². The van der Waals surface area contributed by atoms with Crippen LogP contribution in [0.1, 0.15) is 73.6 Å². The Hall–Kier alpha value is -0.663. The third-order valence-electron chi connectivity index (χ3n) is 3.73. The normalized spacial score (nSPS) is 12.4. The largest absolute Gasteiger partial charge is 0.219 e. The molecule has 0 saturated heterocycles. The molecule has 0 fully saturated rings. The van der Waals surface area contributed by atoms with Gasteiger partial charge in [-0.3, -0.25) is 0 Å². The summed E-state index contributed by atoms with van der Waals surface area (Å²) in [6, 6.07) is 1.24. The summed E-state index contributed by atoms with van der Waals surface area (Å²) in [5, 5.41) is 0. The zero-order valence-corrected chi connectivity index (χ0v) is 14.9. The average molecular weight is 277 g/mol. The number of unbranched alkanes of at least 4 members (excludes halogenated alkanes) is 2. The van der Waals surface area contributed by atoms with Gasteiger partial charge in [-0.05, 0) is 30.3 Å². The highest BCUT2D eigenvalue weighted by Crippen LogP contribution is 2.29. The minimum atomic E-state index is -1.75. The highest BCUT2D eigenvalue weighted by molar-refractivity contribution is 6.95. The third kappa shape index (κ3) is 6.89. The van der Waals surface area contributed by atoms with E-state index in [0.717, 1.165) is 31.6 Å². The van der Waals surface area contributed by atoms with Gasteiger partial charge in [-0.1, -0.05) is 48.0 Å². The van der Waals surface area contributed by atoms with E-state index in [9.17, 15) is 0 Å². The Bertz CT molecular complexity index is 321. The molecule has 0 nitrogen and oxygen atoms in total. The fraction of sp³-hybridized carbons (Fsp3) is 0.778. The van der Waals surface area contributed by atoms with E-state index in [-0.39, 0.29) is 0 Å². The maximum absolute atomic E-state index is 3.67. The molecule has 0 amide bonds. The summed E-state index contributed by atoms with van der Waals surface area (Å²) in [7, 11) is -1.75. The number of rotatable bonds is 6. The topological polar surface area (TPSA) is 0 Å². The second-order valence-corrected chi connectivity index (χ2v) is 9.95. The molecule has 0 rings (SSSR count). The van der Waals surface area contributed by atoms with Crippen LogP contribution in [-0.2, 0) is 0 Å². The monoisotopic (exact) mass is 276 g/mol. The van der Waals surface area contributed by atoms with E-state index in [0.29, 0.717) is 5.54 Å². The molecular formula is C18H32Si. The van der Waals surface area contributed by atoms with E-state index in [1.54, 1.807) is 0 Å². The molecule has 0 spiro atoms. The standard InChI is InChI=1S/C18H32Si/c1-7-10-12-14-19(17(4)5,15-13-11-8-2)16-18(6)9-3/h17-18H,7-11,16H2,1-6H3. The van der Waals surface area contributed by atoms with Crippen molar-refractivity contribution >= 4 is 8.07 Å². The Balaban J connectivity index is 5.25. The predicted octanol–water partition coefficient (Wildman–Crippen LogP) is 5.58. The Morgan fingerprint density at radius 3 is 1.63 bits per heavy atom. The molecule has 0 N–H and O–H groups in total. The summed E-state index contributed by atoms with van der Waals surface area (Å²) in [6.45, 7) is 13.7. The Kier molecular flexibility index (Phi) is 9.81. The average Bonchev–Trinajstić information content (AvgIpc) is 2.38. The minimum Gasteiger partial charge on any atom is -0.115 e. The molecule has 0 aliphatic rings. The second-order valence-electron chi connectivity index (χ2n) is 5.95. The van der Waals surface area contributed by atoms with Crippen LogP contribution in [0.15, 0.2) is 0 Å². The summed E-state index contributed by atoms with van der Waals surface area (Å²) in [4.78, 5) is 0. The molecule has 0 saturated carbocycles. The fourth-order valence-electron chi connectivity index (χ4n) is 2.04. The summed E-state index contributed by atoms with van der Waals surface area (Å²) < 4.78 is 0. The smallest absolute Gasteiger partial charge is 0.115 e. The van der Waals surface area contributed by atoms with Crippen LogP contribution in [0.2, 0.25) is 11.6 Å². The predicted molar refractivity (Wildman–Crippen MR) is 90.5 cm³/mol. The molecule has 0 aromatic heterocycles. The lowest BCUT2D eigenvalue weighted by molar-refractivity contribution is 0.614. The molecule has 0 bridgehead atoms. The Morgan fingerprint density at radius 1 is 0.842 bits per heavy atom. The van der Waals surface area contributed by atoms with Gasteiger partial charge < -0.3 is 0 Å². The number of hydrogen-bond acceptors (Lipinski definition) is 0. The maximum atomic E-state index is 3.67. The molecule has 19 heavy (non-hydrogen) atoms. The van der Waals surface area contributed by atoms with Gasteiger partial charge in [0.25, 0.3) is 0 Å². The van der Waals surface area contributed by atoms with Crippen molar-refractivity contribution in [2.45, 2.75) is 85.2 Å². The molecule has 0 aromatic carbocycles. The lowest BCUT2D eigenvalue weighted by atomic mass is 10.2. The first-order valence-electron chi connectivity index (χ1n) is 8.02. The van der Waals surface area contributed by atoms with Crippen molar-refractivity contribution in [3.8, 4) is 22.9 Å². The lowest BCUT2D eigenvalue weighted by Gasteiger charge is -2.27. The first kappa shape index (κ1) is 18.3. The van der Waals surface area contributed by atoms with Gasteiger partial charge in [0.2, 0.25) is 8.07 Å². The molecule has 1 atom stereocenters. The molecule has 0 aliphatic carbocycles. The first-order chi connectivity index (χ1) is 9.02. The summed E-state index contributed by atoms with van der Waals surface area (Å²) in [5.41, 5.74) is 7.98. The molecule has 0 aliphatic heterocycles. The van der Waals surface area contributed by atoms with E-state index in [1.165, 1.54) is 12.5 Å². The van der Waals surface area contributed by atoms with Crippen LogP contribution in [0.5, 0.6) is 0 Å². The van der Waals surface area contributed by atoms with Crippen LogP contribution in [0.4, 0.5) is 0 Å². The van der Waals surface area contributed by atoms with Crippen LogP contribution < -0.4 is 0 Å². The van der Waals surface area contributed by atoms with Gasteiger partial charge in [-0.15, -0.1) is 22.9 Å². The van der Waals surface area contributed by atoms with Gasteiger partial charge in [0.1, 0.15) is 0 Å². The van der Waals surface area contributed by atoms with Gasteiger partial charge >= 0.3 is 0 Å². The van der Waals surface area contributed by atoms with Crippen molar-refractivity contribution in [1.82, 2.24) is 0 Å². The quantitative estimate of drug-likeness (QED) is 0.439. The first-order valence-corrected chi connectivity index (χ1v) is 10.3. The van der Waals surface area contributed by atoms with Crippen LogP contribution in [0, 0.1) is 28.8 Å². The Morgan fingerprint density at radius 2 is 1.32 bits per heavy atom. The van der Waals surface area contributed by atoms with Crippen molar-refractivity contribution in [2.75, 3.05) is 0 Å². The summed E-state index contributed by atoms with van der Waals surface area (Å²) >= 11 is 0. The van der Waals surface area contributed by atoms with E-state index < -0.39 is 8.07 Å². The molecule has 0 radical (unpaired) electrons. The van der Waals surface area contributed by atoms with Crippen molar-refractivity contribution < 1.29 is 0 Å². The molecular weight excluding hydrogens is 244 g/mol. The maximum Gasteiger partial charge on any atom is 0.219 e. The third-order valence-corrected chi connectivity index (χ3v) is 8.28. The van der Waals surface area contributed by atoms with Gasteiger partial charge in [0, 0.05) is 12.8 Å². The molecule has 0 heterocycles. The summed E-state index contributed by atoms with van der Waals surface area (Å²) in [6.07, 6.45) is 5.60. The van der Waals surface area contributed by atoms with Gasteiger partial charge in [0.15, 0.2) is 0 Å². The lowest BCUT2D eigenvalue weighted by Crippen LogP contribution is -2.37. The number of hydrogen-bond donors (Lipinski definition) is 0. The highest BCUT2D eigenvalue weighted by Gasteiger charge is 2.35. The van der Waals surface area contributed by atoms with E-state index in [4.69, 9.17) is 0 Å². The van der Waals surface area contributed by atoms with E-state index in [1.807, 2.05) is 0 Å². The van der Waals surface area contributed by atoms with Crippen LogP contribution in [-0.4, -0.2) is 8.07 Å². The summed E-state index contributed by atoms with van der Waals surface area (Å²) in [5.74, 6) is 7.60. The van der Waals surface area contributed by atoms with Crippen molar-refractivity contribution in [2.24, 2.45) is 5.92 Å². The van der Waals surface area contributed by atoms with Crippen molar-refractivity contribution in [1.29, 1.82) is 0 Å².